The standard InChI is InChI=1S/C11H10N4O2/c16-10(17)6-15-11(12-13-14-15)9-5-7-3-1-2-4-8(7)9/h1-4,9H,5-6H2,(H,16,17). The minimum absolute atomic E-state index is 0.126. The first-order valence-corrected chi connectivity index (χ1v) is 5.31. The second kappa shape index (κ2) is 3.65. The molecular weight excluding hydrogens is 220 g/mol. The predicted octanol–water partition coefficient (Wildman–Crippen LogP) is 0.446. The van der Waals surface area contributed by atoms with E-state index in [0.29, 0.717) is 5.82 Å². The van der Waals surface area contributed by atoms with Gasteiger partial charge >= 0.3 is 5.97 Å². The van der Waals surface area contributed by atoms with Crippen molar-refractivity contribution in [2.24, 2.45) is 0 Å². The number of aromatic nitrogens is 4. The van der Waals surface area contributed by atoms with Crippen LogP contribution < -0.4 is 0 Å². The maximum absolute atomic E-state index is 10.7. The summed E-state index contributed by atoms with van der Waals surface area (Å²) < 4.78 is 1.35. The number of carboxylic acid groups (broad SMARTS) is 1. The Morgan fingerprint density at radius 2 is 2.29 bits per heavy atom. The molecule has 0 saturated carbocycles. The van der Waals surface area contributed by atoms with Crippen molar-refractivity contribution in [3.05, 3.63) is 41.2 Å². The fourth-order valence-corrected chi connectivity index (χ4v) is 2.19. The molecule has 1 unspecified atom stereocenters. The van der Waals surface area contributed by atoms with Crippen molar-refractivity contribution in [2.45, 2.75) is 18.9 Å². The molecule has 1 aromatic carbocycles. The summed E-state index contributed by atoms with van der Waals surface area (Å²) >= 11 is 0. The van der Waals surface area contributed by atoms with E-state index in [1.165, 1.54) is 15.8 Å². The fourth-order valence-electron chi connectivity index (χ4n) is 2.19. The van der Waals surface area contributed by atoms with E-state index >= 15 is 0 Å². The molecule has 1 heterocycles. The lowest BCUT2D eigenvalue weighted by Crippen LogP contribution is -2.24. The smallest absolute Gasteiger partial charge is 0.325 e. The molecule has 1 aliphatic carbocycles. The zero-order valence-electron chi connectivity index (χ0n) is 8.95. The van der Waals surface area contributed by atoms with Crippen LogP contribution in [-0.4, -0.2) is 31.3 Å². The van der Waals surface area contributed by atoms with Crippen LogP contribution in [0.1, 0.15) is 22.9 Å². The third-order valence-corrected chi connectivity index (χ3v) is 3.01. The molecule has 17 heavy (non-hydrogen) atoms. The number of nitrogens with zero attached hydrogens (tertiary/aromatic N) is 4. The highest BCUT2D eigenvalue weighted by atomic mass is 16.4. The van der Waals surface area contributed by atoms with E-state index in [1.807, 2.05) is 18.2 Å². The van der Waals surface area contributed by atoms with Gasteiger partial charge in [0.2, 0.25) is 0 Å². The first kappa shape index (κ1) is 9.95. The Balaban J connectivity index is 1.93. The third-order valence-electron chi connectivity index (χ3n) is 3.01. The highest BCUT2D eigenvalue weighted by Gasteiger charge is 2.31. The summed E-state index contributed by atoms with van der Waals surface area (Å²) in [4.78, 5) is 10.7. The molecule has 0 saturated heterocycles. The Kier molecular flexibility index (Phi) is 2.14. The number of benzene rings is 1. The fraction of sp³-hybridized carbons (Fsp3) is 0.273. The van der Waals surface area contributed by atoms with Gasteiger partial charge in [-0.05, 0) is 28.0 Å². The molecule has 6 nitrogen and oxygen atoms in total. The van der Waals surface area contributed by atoms with E-state index in [4.69, 9.17) is 5.11 Å². The van der Waals surface area contributed by atoms with Gasteiger partial charge in [-0.15, -0.1) is 5.10 Å². The Labute approximate surface area is 96.9 Å². The van der Waals surface area contributed by atoms with Crippen LogP contribution in [0.2, 0.25) is 0 Å². The molecule has 0 spiro atoms. The molecule has 1 N–H and O–H groups in total. The number of tetrazole rings is 1. The molecule has 1 atom stereocenters. The Morgan fingerprint density at radius 1 is 1.47 bits per heavy atom. The molecule has 1 aliphatic rings. The molecule has 1 aromatic heterocycles. The van der Waals surface area contributed by atoms with Crippen molar-refractivity contribution in [1.82, 2.24) is 20.2 Å². The van der Waals surface area contributed by atoms with Crippen molar-refractivity contribution in [1.29, 1.82) is 0 Å². The minimum atomic E-state index is -0.939. The van der Waals surface area contributed by atoms with Gasteiger partial charge < -0.3 is 5.11 Å². The van der Waals surface area contributed by atoms with Crippen LogP contribution in [0.25, 0.3) is 0 Å². The van der Waals surface area contributed by atoms with Crippen molar-refractivity contribution >= 4 is 5.97 Å². The number of aliphatic carboxylic acids is 1. The summed E-state index contributed by atoms with van der Waals surface area (Å²) in [6.45, 7) is -0.193. The first-order chi connectivity index (χ1) is 8.25. The van der Waals surface area contributed by atoms with E-state index in [9.17, 15) is 4.79 Å². The Bertz CT molecular complexity index is 578. The summed E-state index contributed by atoms with van der Waals surface area (Å²) in [5.41, 5.74) is 2.47. The van der Waals surface area contributed by atoms with E-state index < -0.39 is 5.97 Å². The second-order valence-electron chi connectivity index (χ2n) is 4.04. The molecule has 0 fully saturated rings. The molecule has 0 bridgehead atoms. The van der Waals surface area contributed by atoms with Crippen molar-refractivity contribution < 1.29 is 9.90 Å². The Morgan fingerprint density at radius 3 is 3.06 bits per heavy atom. The lowest BCUT2D eigenvalue weighted by Gasteiger charge is -2.28. The molecule has 0 aliphatic heterocycles. The van der Waals surface area contributed by atoms with Gasteiger partial charge in [0.25, 0.3) is 0 Å². The van der Waals surface area contributed by atoms with Crippen molar-refractivity contribution in [3.8, 4) is 0 Å². The third kappa shape index (κ3) is 1.57. The van der Waals surface area contributed by atoms with E-state index in [-0.39, 0.29) is 12.5 Å². The summed E-state index contributed by atoms with van der Waals surface area (Å²) in [6.07, 6.45) is 0.871. The number of carboxylic acids is 1. The minimum Gasteiger partial charge on any atom is -0.480 e. The Hall–Kier alpha value is -2.24. The molecule has 3 rings (SSSR count). The number of hydrogen-bond acceptors (Lipinski definition) is 4. The van der Waals surface area contributed by atoms with Gasteiger partial charge in [0.15, 0.2) is 5.82 Å². The lowest BCUT2D eigenvalue weighted by atomic mass is 9.77. The van der Waals surface area contributed by atoms with Gasteiger partial charge in [-0.1, -0.05) is 24.3 Å². The summed E-state index contributed by atoms with van der Waals surface area (Å²) in [5, 5.41) is 19.9. The predicted molar refractivity (Wildman–Crippen MR) is 57.4 cm³/mol. The maximum atomic E-state index is 10.7. The molecule has 86 valence electrons. The molecule has 6 heteroatoms. The van der Waals surface area contributed by atoms with E-state index in [0.717, 1.165) is 6.42 Å². The summed E-state index contributed by atoms with van der Waals surface area (Å²) in [6, 6.07) is 8.06. The zero-order valence-corrected chi connectivity index (χ0v) is 8.95. The number of carbonyl (C=O) groups is 1. The quantitative estimate of drug-likeness (QED) is 0.827. The van der Waals surface area contributed by atoms with E-state index in [1.54, 1.807) is 0 Å². The van der Waals surface area contributed by atoms with Crippen LogP contribution >= 0.6 is 0 Å². The molecular formula is C11H10N4O2. The van der Waals surface area contributed by atoms with E-state index in [2.05, 4.69) is 21.6 Å². The average Bonchev–Trinajstić information content (AvgIpc) is 2.67. The highest BCUT2D eigenvalue weighted by molar-refractivity contribution is 5.66. The van der Waals surface area contributed by atoms with Gasteiger partial charge in [0.05, 0.1) is 5.92 Å². The van der Waals surface area contributed by atoms with Gasteiger partial charge in [0, 0.05) is 0 Å². The SMILES string of the molecule is O=C(O)Cn1nnnc1C1Cc2ccccc21. The largest absolute Gasteiger partial charge is 0.480 e. The zero-order chi connectivity index (χ0) is 11.8. The number of hydrogen-bond donors (Lipinski definition) is 1. The molecule has 0 amide bonds. The highest BCUT2D eigenvalue weighted by Crippen LogP contribution is 2.38. The van der Waals surface area contributed by atoms with Gasteiger partial charge in [-0.3, -0.25) is 4.79 Å². The average molecular weight is 230 g/mol. The summed E-state index contributed by atoms with van der Waals surface area (Å²) in [7, 11) is 0. The van der Waals surface area contributed by atoms with Gasteiger partial charge in [-0.2, -0.15) is 0 Å². The topological polar surface area (TPSA) is 80.9 Å². The monoisotopic (exact) mass is 230 g/mol. The van der Waals surface area contributed by atoms with Crippen LogP contribution in [-0.2, 0) is 17.8 Å². The van der Waals surface area contributed by atoms with Crippen molar-refractivity contribution in [3.63, 3.8) is 0 Å². The van der Waals surface area contributed by atoms with Crippen LogP contribution in [0, 0.1) is 0 Å². The summed E-state index contributed by atoms with van der Waals surface area (Å²) in [5.74, 6) is -0.183. The lowest BCUT2D eigenvalue weighted by molar-refractivity contribution is -0.138. The van der Waals surface area contributed by atoms with Gasteiger partial charge in [-0.25, -0.2) is 4.68 Å². The van der Waals surface area contributed by atoms with Gasteiger partial charge in [0.1, 0.15) is 6.54 Å². The normalized spacial score (nSPS) is 17.3. The second-order valence-corrected chi connectivity index (χ2v) is 4.04. The number of rotatable bonds is 3. The van der Waals surface area contributed by atoms with Crippen LogP contribution in [0.3, 0.4) is 0 Å². The first-order valence-electron chi connectivity index (χ1n) is 5.31. The van der Waals surface area contributed by atoms with Crippen LogP contribution in [0.4, 0.5) is 0 Å². The number of fused-ring (bicyclic) bond motifs is 1. The van der Waals surface area contributed by atoms with Crippen LogP contribution in [0.15, 0.2) is 24.3 Å². The van der Waals surface area contributed by atoms with Crippen LogP contribution in [0.5, 0.6) is 0 Å². The van der Waals surface area contributed by atoms with Crippen molar-refractivity contribution in [2.75, 3.05) is 0 Å². The molecule has 0 radical (unpaired) electrons. The maximum Gasteiger partial charge on any atom is 0.325 e. The molecule has 2 aromatic rings.